The molecule has 1 saturated heterocycles. The average molecular weight is 507 g/mol. The van der Waals surface area contributed by atoms with Crippen molar-refractivity contribution in [2.45, 2.75) is 44.3 Å². The summed E-state index contributed by atoms with van der Waals surface area (Å²) in [6, 6.07) is 0. The molecule has 1 aromatic rings. The topological polar surface area (TPSA) is 123 Å². The normalized spacial score (nSPS) is 21.2. The molecule has 1 unspecified atom stereocenters. The van der Waals surface area contributed by atoms with Crippen LogP contribution in [-0.4, -0.2) is 72.9 Å². The predicted octanol–water partition coefficient (Wildman–Crippen LogP) is 2.35. The summed E-state index contributed by atoms with van der Waals surface area (Å²) in [7, 11) is 1.34. The predicted molar refractivity (Wildman–Crippen MR) is 134 cm³/mol. The number of hydrogen-bond acceptors (Lipinski definition) is 9. The third-order valence-electron chi connectivity index (χ3n) is 6.08. The fourth-order valence-electron chi connectivity index (χ4n) is 4.27. The lowest BCUT2D eigenvalue weighted by molar-refractivity contribution is -0.130. The minimum atomic E-state index is -0.803. The van der Waals surface area contributed by atoms with Crippen molar-refractivity contribution in [2.24, 2.45) is 10.7 Å². The first-order valence-electron chi connectivity index (χ1n) is 11.6. The molecule has 0 spiro atoms. The number of fused-ring (bicyclic) bond motifs is 1. The monoisotopic (exact) mass is 506 g/mol. The smallest absolute Gasteiger partial charge is 0.341 e. The van der Waals surface area contributed by atoms with Crippen LogP contribution in [0.4, 0.5) is 5.00 Å². The van der Waals surface area contributed by atoms with Gasteiger partial charge in [0.1, 0.15) is 15.3 Å². The molecule has 3 N–H and O–H groups in total. The summed E-state index contributed by atoms with van der Waals surface area (Å²) in [5, 5.41) is 3.08. The van der Waals surface area contributed by atoms with Crippen molar-refractivity contribution < 1.29 is 23.9 Å². The van der Waals surface area contributed by atoms with E-state index >= 15 is 0 Å². The molecule has 0 aromatic carbocycles. The quantitative estimate of drug-likeness (QED) is 0.430. The number of carbonyl (C=O) groups is 3. The number of esters is 1. The Balaban J connectivity index is 1.60. The number of methoxy groups -OCH3 is 1. The van der Waals surface area contributed by atoms with E-state index in [-0.39, 0.29) is 17.5 Å². The molecule has 1 fully saturated rings. The summed E-state index contributed by atoms with van der Waals surface area (Å²) in [4.78, 5) is 46.5. The van der Waals surface area contributed by atoms with Gasteiger partial charge in [-0.05, 0) is 31.2 Å². The number of hydrogen-bond donors (Lipinski definition) is 2. The Bertz CT molecular complexity index is 1040. The van der Waals surface area contributed by atoms with Gasteiger partial charge in [-0.15, -0.1) is 11.3 Å². The largest absolute Gasteiger partial charge is 0.465 e. The molecule has 1 aliphatic carbocycles. The highest BCUT2D eigenvalue weighted by Gasteiger charge is 2.40. The van der Waals surface area contributed by atoms with Crippen LogP contribution in [0.15, 0.2) is 16.3 Å². The lowest BCUT2D eigenvalue weighted by Gasteiger charge is -2.27. The molecule has 0 bridgehead atoms. The number of nitrogens with zero attached hydrogens (tertiary/aromatic N) is 2. The third-order valence-corrected chi connectivity index (χ3v) is 8.55. The lowest BCUT2D eigenvalue weighted by Crippen LogP contribution is -2.42. The Morgan fingerprint density at radius 2 is 2.03 bits per heavy atom. The fraction of sp³-hybridized carbons (Fsp3) is 0.565. The zero-order valence-electron chi connectivity index (χ0n) is 19.5. The highest BCUT2D eigenvalue weighted by atomic mass is 32.2. The Labute approximate surface area is 207 Å². The molecule has 1 atom stereocenters. The zero-order chi connectivity index (χ0) is 24.2. The van der Waals surface area contributed by atoms with E-state index in [9.17, 15) is 14.4 Å². The molecular weight excluding hydrogens is 476 g/mol. The number of morpholine rings is 1. The number of aliphatic imine (C=N–C) groups is 1. The third kappa shape index (κ3) is 4.87. The van der Waals surface area contributed by atoms with Crippen molar-refractivity contribution in [1.29, 1.82) is 0 Å². The minimum absolute atomic E-state index is 0.206. The summed E-state index contributed by atoms with van der Waals surface area (Å²) < 4.78 is 10.3. The number of unbranched alkanes of at least 4 members (excludes halogenated alkanes) is 1. The van der Waals surface area contributed by atoms with Crippen LogP contribution in [0, 0.1) is 0 Å². The number of thioether (sulfide) groups is 1. The molecular formula is C23H30N4O5S2. The molecule has 0 radical (unpaired) electrons. The number of anilines is 1. The summed E-state index contributed by atoms with van der Waals surface area (Å²) in [5.74, 6) is -1.05. The van der Waals surface area contributed by atoms with Crippen molar-refractivity contribution in [3.63, 3.8) is 0 Å². The number of rotatable bonds is 7. The van der Waals surface area contributed by atoms with E-state index in [1.54, 1.807) is 4.90 Å². The van der Waals surface area contributed by atoms with Gasteiger partial charge in [0.05, 0.1) is 31.5 Å². The van der Waals surface area contributed by atoms with Crippen LogP contribution < -0.4 is 11.1 Å². The van der Waals surface area contributed by atoms with Crippen LogP contribution in [0.1, 0.15) is 47.0 Å². The van der Waals surface area contributed by atoms with E-state index in [2.05, 4.69) is 17.2 Å². The number of thiophene rings is 1. The average Bonchev–Trinajstić information content (AvgIpc) is 3.52. The SMILES string of the molecule is CCCCN=C1SC(C(=O)Nc2sc3c(c2C(=O)OC)CCC3)C(N)=C1C(=O)N1CCOCC1. The van der Waals surface area contributed by atoms with E-state index in [4.69, 9.17) is 15.2 Å². The second-order valence-corrected chi connectivity index (χ2v) is 10.5. The van der Waals surface area contributed by atoms with E-state index in [0.29, 0.717) is 54.0 Å². The van der Waals surface area contributed by atoms with E-state index in [1.807, 2.05) is 0 Å². The van der Waals surface area contributed by atoms with Crippen LogP contribution in [0.2, 0.25) is 0 Å². The second-order valence-electron chi connectivity index (χ2n) is 8.32. The molecule has 184 valence electrons. The summed E-state index contributed by atoms with van der Waals surface area (Å²) in [6.45, 7) is 4.52. The lowest BCUT2D eigenvalue weighted by atomic mass is 10.1. The van der Waals surface area contributed by atoms with Crippen molar-refractivity contribution in [2.75, 3.05) is 45.3 Å². The summed E-state index contributed by atoms with van der Waals surface area (Å²) >= 11 is 2.61. The van der Waals surface area contributed by atoms with Gasteiger partial charge in [0.15, 0.2) is 0 Å². The first-order chi connectivity index (χ1) is 16.5. The first-order valence-corrected chi connectivity index (χ1v) is 13.3. The maximum atomic E-state index is 13.3. The Morgan fingerprint density at radius 1 is 1.26 bits per heavy atom. The van der Waals surface area contributed by atoms with Crippen LogP contribution >= 0.6 is 23.1 Å². The van der Waals surface area contributed by atoms with Gasteiger partial charge < -0.3 is 25.4 Å². The molecule has 11 heteroatoms. The van der Waals surface area contributed by atoms with Crippen LogP contribution in [-0.2, 0) is 31.9 Å². The fourth-order valence-corrected chi connectivity index (χ4v) is 6.67. The number of nitrogens with two attached hydrogens (primary N) is 1. The van der Waals surface area contributed by atoms with Gasteiger partial charge >= 0.3 is 5.97 Å². The van der Waals surface area contributed by atoms with Gasteiger partial charge in [0.25, 0.3) is 5.91 Å². The summed E-state index contributed by atoms with van der Waals surface area (Å²) in [6.07, 6.45) is 4.50. The van der Waals surface area contributed by atoms with Crippen molar-refractivity contribution >= 4 is 50.9 Å². The van der Waals surface area contributed by atoms with Crippen molar-refractivity contribution in [3.05, 3.63) is 27.3 Å². The Kier molecular flexibility index (Phi) is 7.95. The number of carbonyl (C=O) groups excluding carboxylic acids is 3. The van der Waals surface area contributed by atoms with Crippen LogP contribution in [0.5, 0.6) is 0 Å². The number of nitrogens with one attached hydrogen (secondary N) is 1. The van der Waals surface area contributed by atoms with Gasteiger partial charge in [-0.2, -0.15) is 0 Å². The highest BCUT2D eigenvalue weighted by Crippen LogP contribution is 2.41. The number of amides is 2. The molecule has 2 amide bonds. The molecule has 4 rings (SSSR count). The first kappa shape index (κ1) is 24.7. The number of ether oxygens (including phenoxy) is 2. The molecule has 9 nitrogen and oxygen atoms in total. The van der Waals surface area contributed by atoms with Gasteiger partial charge in [0.2, 0.25) is 5.91 Å². The highest BCUT2D eigenvalue weighted by molar-refractivity contribution is 8.16. The standard InChI is InChI=1S/C23H30N4O5S2/c1-3-4-8-25-20-16(22(29)27-9-11-32-12-10-27)17(24)18(34-20)19(28)26-21-15(23(30)31-2)13-6-5-7-14(13)33-21/h18H,3-12,24H2,1-2H3,(H,26,28). The maximum absolute atomic E-state index is 13.3. The second kappa shape index (κ2) is 10.9. The molecule has 3 heterocycles. The molecule has 34 heavy (non-hydrogen) atoms. The van der Waals surface area contributed by atoms with E-state index < -0.39 is 11.2 Å². The molecule has 2 aliphatic heterocycles. The van der Waals surface area contributed by atoms with Crippen molar-refractivity contribution in [3.8, 4) is 0 Å². The Morgan fingerprint density at radius 3 is 2.74 bits per heavy atom. The van der Waals surface area contributed by atoms with Crippen LogP contribution in [0.3, 0.4) is 0 Å². The number of aryl methyl sites for hydroxylation is 1. The maximum Gasteiger partial charge on any atom is 0.341 e. The van der Waals surface area contributed by atoms with Gasteiger partial charge in [-0.3, -0.25) is 14.6 Å². The van der Waals surface area contributed by atoms with E-state index in [1.165, 1.54) is 30.2 Å². The van der Waals surface area contributed by atoms with Crippen molar-refractivity contribution in [1.82, 2.24) is 4.90 Å². The van der Waals surface area contributed by atoms with Gasteiger partial charge in [0, 0.05) is 30.2 Å². The Hall–Kier alpha value is -2.37. The zero-order valence-corrected chi connectivity index (χ0v) is 21.1. The minimum Gasteiger partial charge on any atom is -0.465 e. The van der Waals surface area contributed by atoms with Gasteiger partial charge in [-0.1, -0.05) is 25.1 Å². The van der Waals surface area contributed by atoms with Gasteiger partial charge in [-0.25, -0.2) is 4.79 Å². The molecule has 3 aliphatic rings. The summed E-state index contributed by atoms with van der Waals surface area (Å²) in [5.41, 5.74) is 8.33. The molecule has 0 saturated carbocycles. The van der Waals surface area contributed by atoms with E-state index in [0.717, 1.165) is 42.5 Å². The van der Waals surface area contributed by atoms with Crippen LogP contribution in [0.25, 0.3) is 0 Å². The molecule has 1 aromatic heterocycles.